The second kappa shape index (κ2) is 11.2. The number of hydrogen-bond acceptors (Lipinski definition) is 9. The maximum atomic E-state index is 13.9. The number of carbonyl (C=O) groups is 3. The number of pyridine rings is 1. The zero-order valence-electron chi connectivity index (χ0n) is 25.0. The number of aromatic nitrogens is 1. The van der Waals surface area contributed by atoms with Crippen molar-refractivity contribution in [1.29, 1.82) is 0 Å². The first-order valence-electron chi connectivity index (χ1n) is 14.5. The van der Waals surface area contributed by atoms with Crippen LogP contribution < -0.4 is 20.5 Å². The number of carbonyl (C=O) groups excluding carboxylic acids is 3. The van der Waals surface area contributed by atoms with Gasteiger partial charge in [-0.1, -0.05) is 26.8 Å². The van der Waals surface area contributed by atoms with E-state index in [1.807, 2.05) is 39.0 Å². The molecule has 3 aliphatic rings. The van der Waals surface area contributed by atoms with Gasteiger partial charge in [-0.05, 0) is 54.3 Å². The van der Waals surface area contributed by atoms with Gasteiger partial charge in [0.05, 0.1) is 24.9 Å². The molecule has 0 radical (unpaired) electrons. The largest absolute Gasteiger partial charge is 0.497 e. The molecule has 43 heavy (non-hydrogen) atoms. The number of likely N-dealkylation sites (tertiary alicyclic amines) is 1. The van der Waals surface area contributed by atoms with Crippen LogP contribution in [0.25, 0.3) is 10.8 Å². The minimum Gasteiger partial charge on any atom is -0.497 e. The summed E-state index contributed by atoms with van der Waals surface area (Å²) in [5, 5.41) is 3.94. The van der Waals surface area contributed by atoms with Gasteiger partial charge in [0.25, 0.3) is 0 Å². The Labute approximate surface area is 252 Å². The minimum absolute atomic E-state index is 0.0802. The standard InChI is InChI=1S/C31H40N4O7S/c1-6-19-15-31(19,25(36)17-43(39,40)22-8-9-22)34-27(37)24-14-21(16-35(24)29(38)26(32)30(2,3)4)42-28-23-10-7-20(41-5)13-18(23)11-12-33-28/h6-7,10-13,19,21-22,24,26H,1,8-9,14-17,32H2,2-5H3,(H,34,37)/t19-,21-,24+,26-,31-/m1/s1. The monoisotopic (exact) mass is 612 g/mol. The normalized spacial score (nSPS) is 26.1. The lowest BCUT2D eigenvalue weighted by atomic mass is 9.86. The van der Waals surface area contributed by atoms with Gasteiger partial charge in [0.1, 0.15) is 29.2 Å². The highest BCUT2D eigenvalue weighted by atomic mass is 32.2. The maximum Gasteiger partial charge on any atom is 0.243 e. The van der Waals surface area contributed by atoms with Gasteiger partial charge in [0.15, 0.2) is 15.6 Å². The summed E-state index contributed by atoms with van der Waals surface area (Å²) in [6.07, 6.45) is 4.06. The molecule has 11 nitrogen and oxygen atoms in total. The van der Waals surface area contributed by atoms with Crippen LogP contribution in [0.5, 0.6) is 11.6 Å². The van der Waals surface area contributed by atoms with Crippen molar-refractivity contribution in [2.24, 2.45) is 17.1 Å². The number of Topliss-reactive ketones (excluding diaryl/α,β-unsaturated/α-hetero) is 1. The number of amides is 2. The van der Waals surface area contributed by atoms with E-state index in [9.17, 15) is 22.8 Å². The Morgan fingerprint density at radius 3 is 2.58 bits per heavy atom. The third-order valence-electron chi connectivity index (χ3n) is 8.77. The van der Waals surface area contributed by atoms with Crippen LogP contribution in [0, 0.1) is 11.3 Å². The van der Waals surface area contributed by atoms with Gasteiger partial charge in [0, 0.05) is 23.9 Å². The van der Waals surface area contributed by atoms with Crippen molar-refractivity contribution in [2.75, 3.05) is 19.4 Å². The molecule has 0 bridgehead atoms. The van der Waals surface area contributed by atoms with Crippen LogP contribution in [0.15, 0.2) is 43.1 Å². The van der Waals surface area contributed by atoms with E-state index < -0.39 is 73.5 Å². The molecular formula is C31H40N4O7S. The highest BCUT2D eigenvalue weighted by Crippen LogP contribution is 2.46. The molecule has 0 spiro atoms. The fourth-order valence-corrected chi connectivity index (χ4v) is 7.41. The van der Waals surface area contributed by atoms with Gasteiger partial charge in [0.2, 0.25) is 17.7 Å². The first-order chi connectivity index (χ1) is 20.2. The van der Waals surface area contributed by atoms with Crippen LogP contribution in [-0.4, -0.2) is 84.3 Å². The third kappa shape index (κ3) is 6.12. The molecule has 2 amide bonds. The zero-order valence-corrected chi connectivity index (χ0v) is 25.9. The Kier molecular flexibility index (Phi) is 8.06. The third-order valence-corrected chi connectivity index (χ3v) is 10.9. The zero-order chi connectivity index (χ0) is 31.3. The summed E-state index contributed by atoms with van der Waals surface area (Å²) in [5.41, 5.74) is 4.41. The van der Waals surface area contributed by atoms with Crippen molar-refractivity contribution in [1.82, 2.24) is 15.2 Å². The Balaban J connectivity index is 1.39. The van der Waals surface area contributed by atoms with E-state index in [1.165, 1.54) is 4.90 Å². The molecule has 1 aliphatic heterocycles. The second-order valence-electron chi connectivity index (χ2n) is 13.0. The molecule has 5 rings (SSSR count). The summed E-state index contributed by atoms with van der Waals surface area (Å²) in [4.78, 5) is 46.7. The van der Waals surface area contributed by atoms with Crippen molar-refractivity contribution < 1.29 is 32.3 Å². The number of nitrogens with one attached hydrogen (secondary N) is 1. The van der Waals surface area contributed by atoms with Crippen molar-refractivity contribution >= 4 is 38.2 Å². The summed E-state index contributed by atoms with van der Waals surface area (Å²) < 4.78 is 36.8. The molecule has 2 aliphatic carbocycles. The van der Waals surface area contributed by atoms with Crippen LogP contribution in [0.1, 0.15) is 46.5 Å². The van der Waals surface area contributed by atoms with Crippen molar-refractivity contribution in [3.05, 3.63) is 43.1 Å². The van der Waals surface area contributed by atoms with Crippen LogP contribution >= 0.6 is 0 Å². The summed E-state index contributed by atoms with van der Waals surface area (Å²) in [6, 6.07) is 5.44. The van der Waals surface area contributed by atoms with E-state index in [0.29, 0.717) is 24.5 Å². The number of ether oxygens (including phenoxy) is 2. The second-order valence-corrected chi connectivity index (χ2v) is 15.2. The molecule has 2 saturated carbocycles. The average molecular weight is 613 g/mol. The average Bonchev–Trinajstić information content (AvgIpc) is 3.88. The van der Waals surface area contributed by atoms with E-state index >= 15 is 0 Å². The SMILES string of the molecule is C=C[C@@H]1C[C@]1(NC(=O)[C@@H]1C[C@@H](Oc2nccc3cc(OC)ccc23)CN1C(=O)[C@@H](N)C(C)(C)C)C(=O)CS(=O)(=O)C1CC1. The number of fused-ring (bicyclic) bond motifs is 1. The Morgan fingerprint density at radius 1 is 1.26 bits per heavy atom. The summed E-state index contributed by atoms with van der Waals surface area (Å²) >= 11 is 0. The minimum atomic E-state index is -3.58. The van der Waals surface area contributed by atoms with E-state index in [0.717, 1.165) is 10.8 Å². The van der Waals surface area contributed by atoms with E-state index in [1.54, 1.807) is 25.4 Å². The van der Waals surface area contributed by atoms with E-state index in [-0.39, 0.29) is 19.4 Å². The number of nitrogens with zero attached hydrogens (tertiary/aromatic N) is 2. The first-order valence-corrected chi connectivity index (χ1v) is 16.3. The van der Waals surface area contributed by atoms with Crippen LogP contribution in [0.2, 0.25) is 0 Å². The predicted molar refractivity (Wildman–Crippen MR) is 161 cm³/mol. The molecular weight excluding hydrogens is 572 g/mol. The van der Waals surface area contributed by atoms with Crippen LogP contribution in [0.3, 0.4) is 0 Å². The van der Waals surface area contributed by atoms with Gasteiger partial charge in [-0.25, -0.2) is 13.4 Å². The Morgan fingerprint density at radius 2 is 1.98 bits per heavy atom. The van der Waals surface area contributed by atoms with Crippen LogP contribution in [0.4, 0.5) is 0 Å². The molecule has 1 saturated heterocycles. The predicted octanol–water partition coefficient (Wildman–Crippen LogP) is 2.17. The first kappa shape index (κ1) is 30.9. The summed E-state index contributed by atoms with van der Waals surface area (Å²) in [5.74, 6) is -1.52. The summed E-state index contributed by atoms with van der Waals surface area (Å²) in [6.45, 7) is 9.38. The van der Waals surface area contributed by atoms with E-state index in [4.69, 9.17) is 15.2 Å². The number of rotatable bonds is 11. The quantitative estimate of drug-likeness (QED) is 0.363. The number of nitrogens with two attached hydrogens (primary N) is 1. The Bertz CT molecular complexity index is 1570. The smallest absolute Gasteiger partial charge is 0.243 e. The molecule has 3 fully saturated rings. The molecule has 0 unspecified atom stereocenters. The van der Waals surface area contributed by atoms with Gasteiger partial charge in [-0.15, -0.1) is 6.58 Å². The highest BCUT2D eigenvalue weighted by molar-refractivity contribution is 7.93. The maximum absolute atomic E-state index is 13.9. The number of ketones is 1. The lowest BCUT2D eigenvalue weighted by Crippen LogP contribution is -2.57. The lowest BCUT2D eigenvalue weighted by molar-refractivity contribution is -0.142. The van der Waals surface area contributed by atoms with Crippen molar-refractivity contribution in [3.63, 3.8) is 0 Å². The lowest BCUT2D eigenvalue weighted by Gasteiger charge is -2.33. The van der Waals surface area contributed by atoms with Gasteiger partial charge in [-0.2, -0.15) is 0 Å². The summed E-state index contributed by atoms with van der Waals surface area (Å²) in [7, 11) is -2.00. The molecule has 1 aromatic carbocycles. The Hall–Kier alpha value is -3.51. The number of sulfone groups is 1. The fourth-order valence-electron chi connectivity index (χ4n) is 5.70. The van der Waals surface area contributed by atoms with Gasteiger partial charge < -0.3 is 25.4 Å². The number of benzene rings is 1. The van der Waals surface area contributed by atoms with E-state index in [2.05, 4.69) is 16.9 Å². The molecule has 232 valence electrons. The fraction of sp³-hybridized carbons (Fsp3) is 0.548. The number of methoxy groups -OCH3 is 1. The molecule has 1 aromatic heterocycles. The topological polar surface area (TPSA) is 158 Å². The molecule has 2 aromatic rings. The van der Waals surface area contributed by atoms with Crippen molar-refractivity contribution in [2.45, 2.75) is 75.4 Å². The van der Waals surface area contributed by atoms with Crippen LogP contribution in [-0.2, 0) is 24.2 Å². The molecule has 12 heteroatoms. The molecule has 3 N–H and O–H groups in total. The van der Waals surface area contributed by atoms with Crippen molar-refractivity contribution in [3.8, 4) is 11.6 Å². The van der Waals surface area contributed by atoms with Gasteiger partial charge in [-0.3, -0.25) is 14.4 Å². The molecule has 2 heterocycles. The van der Waals surface area contributed by atoms with Gasteiger partial charge >= 0.3 is 0 Å². The highest BCUT2D eigenvalue weighted by Gasteiger charge is 2.61. The number of hydrogen-bond donors (Lipinski definition) is 2. The molecule has 5 atom stereocenters.